The first-order valence-electron chi connectivity index (χ1n) is 8.85. The maximum absolute atomic E-state index is 12.9. The van der Waals surface area contributed by atoms with Gasteiger partial charge < -0.3 is 0 Å². The zero-order valence-corrected chi connectivity index (χ0v) is 15.7. The molecule has 1 N–H and O–H groups in total. The number of thiazole rings is 1. The number of hydrogen-bond acceptors (Lipinski definition) is 7. The second-order valence-corrected chi connectivity index (χ2v) is 7.35. The van der Waals surface area contributed by atoms with Crippen LogP contribution in [0.2, 0.25) is 0 Å². The van der Waals surface area contributed by atoms with Crippen LogP contribution in [-0.2, 0) is 4.79 Å². The molecule has 9 heteroatoms. The molecule has 1 saturated carbocycles. The standard InChI is InChI=1S/C18H19N7OS/c1-12-22-23-24-25(12)16-7-6-14(11-20-16)15(10-13-4-2-3-5-13)17(26)21-18-19-8-9-27-18/h6-11,13H,2-5H2,1H3,(H,19,21,26)/b15-10+. The summed E-state index contributed by atoms with van der Waals surface area (Å²) in [5, 5.41) is 16.7. The maximum Gasteiger partial charge on any atom is 0.257 e. The maximum atomic E-state index is 12.9. The molecule has 1 fully saturated rings. The Hall–Kier alpha value is -2.94. The molecular weight excluding hydrogens is 362 g/mol. The summed E-state index contributed by atoms with van der Waals surface area (Å²) >= 11 is 1.40. The van der Waals surface area contributed by atoms with Gasteiger partial charge in [0.05, 0.1) is 0 Å². The van der Waals surface area contributed by atoms with Crippen molar-refractivity contribution < 1.29 is 4.79 Å². The predicted molar refractivity (Wildman–Crippen MR) is 102 cm³/mol. The fourth-order valence-electron chi connectivity index (χ4n) is 3.23. The largest absolute Gasteiger partial charge is 0.298 e. The third-order valence-corrected chi connectivity index (χ3v) is 5.29. The van der Waals surface area contributed by atoms with E-state index in [0.717, 1.165) is 18.4 Å². The van der Waals surface area contributed by atoms with Crippen LogP contribution in [0.25, 0.3) is 11.4 Å². The molecule has 0 bridgehead atoms. The summed E-state index contributed by atoms with van der Waals surface area (Å²) in [6, 6.07) is 3.70. The van der Waals surface area contributed by atoms with E-state index < -0.39 is 0 Å². The van der Waals surface area contributed by atoms with Crippen molar-refractivity contribution in [3.63, 3.8) is 0 Å². The van der Waals surface area contributed by atoms with Crippen LogP contribution >= 0.6 is 11.3 Å². The molecule has 1 amide bonds. The van der Waals surface area contributed by atoms with Crippen LogP contribution in [0, 0.1) is 12.8 Å². The fraction of sp³-hybridized carbons (Fsp3) is 0.333. The van der Waals surface area contributed by atoms with Crippen molar-refractivity contribution in [2.24, 2.45) is 5.92 Å². The lowest BCUT2D eigenvalue weighted by Gasteiger charge is -2.11. The number of anilines is 1. The molecule has 3 aromatic rings. The molecule has 0 saturated heterocycles. The molecule has 138 valence electrons. The Morgan fingerprint density at radius 2 is 2.15 bits per heavy atom. The van der Waals surface area contributed by atoms with E-state index in [1.807, 2.05) is 24.4 Å². The van der Waals surface area contributed by atoms with Gasteiger partial charge in [0.1, 0.15) is 0 Å². The Bertz CT molecular complexity index is 941. The second-order valence-electron chi connectivity index (χ2n) is 6.46. The highest BCUT2D eigenvalue weighted by Crippen LogP contribution is 2.30. The van der Waals surface area contributed by atoms with Gasteiger partial charge in [0.25, 0.3) is 5.91 Å². The van der Waals surface area contributed by atoms with Crippen molar-refractivity contribution in [3.8, 4) is 5.82 Å². The zero-order chi connectivity index (χ0) is 18.6. The van der Waals surface area contributed by atoms with Gasteiger partial charge in [-0.1, -0.05) is 18.9 Å². The molecule has 3 heterocycles. The molecule has 0 atom stereocenters. The number of carbonyl (C=O) groups is 1. The predicted octanol–water partition coefficient (Wildman–Crippen LogP) is 3.03. The van der Waals surface area contributed by atoms with Crippen LogP contribution in [0.15, 0.2) is 36.0 Å². The number of tetrazole rings is 1. The Kier molecular flexibility index (Phi) is 5.01. The van der Waals surface area contributed by atoms with Crippen molar-refractivity contribution in [1.29, 1.82) is 0 Å². The van der Waals surface area contributed by atoms with Gasteiger partial charge in [-0.25, -0.2) is 9.97 Å². The van der Waals surface area contributed by atoms with Gasteiger partial charge >= 0.3 is 0 Å². The van der Waals surface area contributed by atoms with Crippen LogP contribution in [0.1, 0.15) is 37.1 Å². The molecule has 0 radical (unpaired) electrons. The molecule has 1 aliphatic carbocycles. The van der Waals surface area contributed by atoms with Crippen molar-refractivity contribution in [1.82, 2.24) is 30.2 Å². The Labute approximate surface area is 160 Å². The number of pyridine rings is 1. The van der Waals surface area contributed by atoms with Gasteiger partial charge in [0.15, 0.2) is 16.8 Å². The lowest BCUT2D eigenvalue weighted by Crippen LogP contribution is -2.15. The van der Waals surface area contributed by atoms with Gasteiger partial charge in [-0.05, 0) is 48.2 Å². The second kappa shape index (κ2) is 7.75. The summed E-state index contributed by atoms with van der Waals surface area (Å²) in [5.41, 5.74) is 1.40. The first kappa shape index (κ1) is 17.5. The minimum atomic E-state index is -0.162. The van der Waals surface area contributed by atoms with Crippen molar-refractivity contribution in [3.05, 3.63) is 47.4 Å². The molecular formula is C18H19N7OS. The zero-order valence-electron chi connectivity index (χ0n) is 14.9. The Morgan fingerprint density at radius 1 is 1.30 bits per heavy atom. The smallest absolute Gasteiger partial charge is 0.257 e. The van der Waals surface area contributed by atoms with Gasteiger partial charge in [-0.2, -0.15) is 4.68 Å². The number of aromatic nitrogens is 6. The van der Waals surface area contributed by atoms with E-state index >= 15 is 0 Å². The van der Waals surface area contributed by atoms with Crippen molar-refractivity contribution in [2.45, 2.75) is 32.6 Å². The van der Waals surface area contributed by atoms with E-state index in [4.69, 9.17) is 0 Å². The lowest BCUT2D eigenvalue weighted by molar-refractivity contribution is -0.111. The molecule has 0 unspecified atom stereocenters. The van der Waals surface area contributed by atoms with E-state index in [0.29, 0.717) is 28.3 Å². The third-order valence-electron chi connectivity index (χ3n) is 4.60. The SMILES string of the molecule is Cc1nnnn1-c1ccc(/C(=C\C2CCCC2)C(=O)Nc2nccs2)cn1. The van der Waals surface area contributed by atoms with E-state index in [-0.39, 0.29) is 5.91 Å². The number of allylic oxidation sites excluding steroid dienone is 1. The minimum absolute atomic E-state index is 0.162. The number of nitrogens with one attached hydrogen (secondary N) is 1. The van der Waals surface area contributed by atoms with Crippen LogP contribution in [0.4, 0.5) is 5.13 Å². The molecule has 27 heavy (non-hydrogen) atoms. The van der Waals surface area contributed by atoms with E-state index in [2.05, 4.69) is 36.9 Å². The van der Waals surface area contributed by atoms with Crippen LogP contribution < -0.4 is 5.32 Å². The average molecular weight is 381 g/mol. The summed E-state index contributed by atoms with van der Waals surface area (Å²) in [5.74, 6) is 1.52. The first-order valence-corrected chi connectivity index (χ1v) is 9.73. The number of aryl methyl sites for hydroxylation is 1. The fourth-order valence-corrected chi connectivity index (χ4v) is 3.75. The molecule has 8 nitrogen and oxygen atoms in total. The molecule has 0 spiro atoms. The van der Waals surface area contributed by atoms with Gasteiger partial charge in [-0.3, -0.25) is 10.1 Å². The van der Waals surface area contributed by atoms with Gasteiger partial charge in [0.2, 0.25) is 0 Å². The highest BCUT2D eigenvalue weighted by atomic mass is 32.1. The molecule has 4 rings (SSSR count). The third kappa shape index (κ3) is 3.92. The molecule has 3 aromatic heterocycles. The van der Waals surface area contributed by atoms with Gasteiger partial charge in [-0.15, -0.1) is 16.4 Å². The summed E-state index contributed by atoms with van der Waals surface area (Å²) in [6.07, 6.45) is 10.1. The normalized spacial score (nSPS) is 15.2. The van der Waals surface area contributed by atoms with E-state index in [1.54, 1.807) is 17.1 Å². The van der Waals surface area contributed by atoms with Crippen LogP contribution in [0.5, 0.6) is 0 Å². The molecule has 0 aliphatic heterocycles. The van der Waals surface area contributed by atoms with Crippen molar-refractivity contribution >= 4 is 27.9 Å². The Morgan fingerprint density at radius 3 is 2.78 bits per heavy atom. The number of amides is 1. The van der Waals surface area contributed by atoms with Gasteiger partial charge in [0, 0.05) is 28.9 Å². The first-order chi connectivity index (χ1) is 13.2. The highest BCUT2D eigenvalue weighted by molar-refractivity contribution is 7.13. The highest BCUT2D eigenvalue weighted by Gasteiger charge is 2.19. The van der Waals surface area contributed by atoms with E-state index in [1.165, 1.54) is 24.2 Å². The molecule has 0 aromatic carbocycles. The summed E-state index contributed by atoms with van der Waals surface area (Å²) in [4.78, 5) is 21.5. The monoisotopic (exact) mass is 381 g/mol. The topological polar surface area (TPSA) is 98.5 Å². The minimum Gasteiger partial charge on any atom is -0.298 e. The van der Waals surface area contributed by atoms with Crippen LogP contribution in [0.3, 0.4) is 0 Å². The number of rotatable bonds is 5. The average Bonchev–Trinajstić information content (AvgIpc) is 3.43. The number of carbonyl (C=O) groups excluding carboxylic acids is 1. The summed E-state index contributed by atoms with van der Waals surface area (Å²) in [7, 11) is 0. The number of hydrogen-bond donors (Lipinski definition) is 1. The Balaban J connectivity index is 1.63. The lowest BCUT2D eigenvalue weighted by atomic mass is 9.99. The van der Waals surface area contributed by atoms with Crippen LogP contribution in [-0.4, -0.2) is 36.1 Å². The van der Waals surface area contributed by atoms with E-state index in [9.17, 15) is 4.79 Å². The quantitative estimate of drug-likeness (QED) is 0.682. The number of nitrogens with zero attached hydrogens (tertiary/aromatic N) is 6. The molecule has 1 aliphatic rings. The van der Waals surface area contributed by atoms with Crippen molar-refractivity contribution in [2.75, 3.05) is 5.32 Å². The summed E-state index contributed by atoms with van der Waals surface area (Å²) < 4.78 is 1.56. The summed E-state index contributed by atoms with van der Waals surface area (Å²) in [6.45, 7) is 1.81.